The lowest BCUT2D eigenvalue weighted by Gasteiger charge is -2.34. The summed E-state index contributed by atoms with van der Waals surface area (Å²) in [5.74, 6) is -0.591. The van der Waals surface area contributed by atoms with E-state index in [1.165, 1.54) is 0 Å². The molecule has 6 heteroatoms. The molecule has 3 aliphatic rings. The lowest BCUT2D eigenvalue weighted by Crippen LogP contribution is -2.46. The zero-order valence-electron chi connectivity index (χ0n) is 7.91. The maximum absolute atomic E-state index is 10.3. The van der Waals surface area contributed by atoms with Gasteiger partial charge in [0, 0.05) is 18.3 Å². The van der Waals surface area contributed by atoms with Crippen LogP contribution in [-0.4, -0.2) is 51.6 Å². The van der Waals surface area contributed by atoms with Gasteiger partial charge in [-0.05, 0) is 0 Å². The molecule has 7 atom stereocenters. The van der Waals surface area contributed by atoms with Gasteiger partial charge in [0.1, 0.15) is 5.60 Å². The molecule has 3 fully saturated rings. The molecule has 1 aliphatic carbocycles. The van der Waals surface area contributed by atoms with E-state index in [-0.39, 0.29) is 24.9 Å². The summed E-state index contributed by atoms with van der Waals surface area (Å²) < 4.78 is 10.4. The van der Waals surface area contributed by atoms with E-state index in [9.17, 15) is 15.3 Å². The van der Waals surface area contributed by atoms with Crippen LogP contribution >= 0.6 is 11.6 Å². The fourth-order valence-corrected chi connectivity index (χ4v) is 3.46. The smallest absolute Gasteiger partial charge is 0.166 e. The van der Waals surface area contributed by atoms with Crippen LogP contribution < -0.4 is 0 Å². The molecule has 0 aromatic carbocycles. The first kappa shape index (κ1) is 10.3. The van der Waals surface area contributed by atoms with Crippen LogP contribution in [-0.2, 0) is 9.47 Å². The molecular formula is C9H13ClO5. The second-order valence-electron chi connectivity index (χ2n) is 4.58. The Kier molecular flexibility index (Phi) is 2.09. The fraction of sp³-hybridized carbons (Fsp3) is 1.00. The number of halogens is 1. The zero-order valence-corrected chi connectivity index (χ0v) is 8.67. The van der Waals surface area contributed by atoms with Gasteiger partial charge in [-0.3, -0.25) is 0 Å². The molecule has 0 radical (unpaired) electrons. The molecule has 0 aromatic rings. The van der Waals surface area contributed by atoms with Crippen molar-refractivity contribution in [3.8, 4) is 0 Å². The van der Waals surface area contributed by atoms with E-state index >= 15 is 0 Å². The van der Waals surface area contributed by atoms with Crippen molar-refractivity contribution in [1.82, 2.24) is 0 Å². The monoisotopic (exact) mass is 236 g/mol. The third-order valence-corrected chi connectivity index (χ3v) is 4.43. The molecule has 1 saturated carbocycles. The summed E-state index contributed by atoms with van der Waals surface area (Å²) in [7, 11) is 0. The van der Waals surface area contributed by atoms with Crippen molar-refractivity contribution < 1.29 is 24.8 Å². The lowest BCUT2D eigenvalue weighted by molar-refractivity contribution is -0.265. The molecule has 7 unspecified atom stereocenters. The van der Waals surface area contributed by atoms with Crippen molar-refractivity contribution in [2.75, 3.05) is 6.61 Å². The molecular weight excluding hydrogens is 224 g/mol. The van der Waals surface area contributed by atoms with E-state index in [0.29, 0.717) is 0 Å². The van der Waals surface area contributed by atoms with Crippen molar-refractivity contribution in [1.29, 1.82) is 0 Å². The summed E-state index contributed by atoms with van der Waals surface area (Å²) in [5.41, 5.74) is -1.23. The average Bonchev–Trinajstić information content (AvgIpc) is 2.61. The number of hydrogen-bond donors (Lipinski definition) is 3. The Bertz CT molecular complexity index is 288. The van der Waals surface area contributed by atoms with Crippen LogP contribution in [0.5, 0.6) is 0 Å². The van der Waals surface area contributed by atoms with Crippen LogP contribution in [0.25, 0.3) is 0 Å². The minimum Gasteiger partial charge on any atom is -0.391 e. The Morgan fingerprint density at radius 3 is 2.80 bits per heavy atom. The summed E-state index contributed by atoms with van der Waals surface area (Å²) in [6, 6.07) is 0. The van der Waals surface area contributed by atoms with Crippen LogP contribution in [0.3, 0.4) is 0 Å². The van der Waals surface area contributed by atoms with Gasteiger partial charge in [0.05, 0.1) is 18.1 Å². The summed E-state index contributed by atoms with van der Waals surface area (Å²) in [6.07, 6.45) is -2.12. The molecule has 5 nitrogen and oxygen atoms in total. The Morgan fingerprint density at radius 1 is 1.33 bits per heavy atom. The van der Waals surface area contributed by atoms with Crippen LogP contribution in [0, 0.1) is 11.8 Å². The molecule has 15 heavy (non-hydrogen) atoms. The first-order chi connectivity index (χ1) is 7.04. The van der Waals surface area contributed by atoms with Gasteiger partial charge in [0.2, 0.25) is 0 Å². The van der Waals surface area contributed by atoms with Crippen LogP contribution in [0.1, 0.15) is 6.42 Å². The minimum atomic E-state index is -1.23. The highest BCUT2D eigenvalue weighted by Gasteiger charge is 2.67. The molecule has 3 N–H and O–H groups in total. The van der Waals surface area contributed by atoms with E-state index in [4.69, 9.17) is 21.1 Å². The second-order valence-corrected chi connectivity index (χ2v) is 5.05. The maximum atomic E-state index is 10.3. The molecule has 2 saturated heterocycles. The molecule has 3 rings (SSSR count). The number of aliphatic hydroxyl groups excluding tert-OH is 2. The quantitative estimate of drug-likeness (QED) is 0.472. The third kappa shape index (κ3) is 1.16. The van der Waals surface area contributed by atoms with Gasteiger partial charge in [-0.15, -0.1) is 11.6 Å². The van der Waals surface area contributed by atoms with Gasteiger partial charge < -0.3 is 24.8 Å². The normalized spacial score (nSPS) is 63.2. The standard InChI is InChI=1S/C9H13ClO5/c10-7-6(12)3-1-4(11)15-8-5(3)9(7,13)2-14-8/h3-8,11-13H,1-2H2. The van der Waals surface area contributed by atoms with E-state index in [1.807, 2.05) is 0 Å². The third-order valence-electron chi connectivity index (χ3n) is 3.79. The molecule has 2 aliphatic heterocycles. The van der Waals surface area contributed by atoms with Gasteiger partial charge in [-0.1, -0.05) is 0 Å². The predicted molar refractivity (Wildman–Crippen MR) is 49.0 cm³/mol. The maximum Gasteiger partial charge on any atom is 0.166 e. The second kappa shape index (κ2) is 3.06. The van der Waals surface area contributed by atoms with Crippen molar-refractivity contribution in [2.45, 2.75) is 36.1 Å². The average molecular weight is 237 g/mol. The fourth-order valence-electron chi connectivity index (χ4n) is 3.07. The zero-order chi connectivity index (χ0) is 10.8. The Hall–Kier alpha value is 0.0900. The highest BCUT2D eigenvalue weighted by atomic mass is 35.5. The topological polar surface area (TPSA) is 79.2 Å². The first-order valence-corrected chi connectivity index (χ1v) is 5.47. The summed E-state index contributed by atoms with van der Waals surface area (Å²) in [5, 5.41) is 28.8. The first-order valence-electron chi connectivity index (χ1n) is 5.03. The summed E-state index contributed by atoms with van der Waals surface area (Å²) in [6.45, 7) is 0.0524. The minimum absolute atomic E-state index is 0.0524. The number of rotatable bonds is 0. The molecule has 0 spiro atoms. The Labute approximate surface area is 91.6 Å². The lowest BCUT2D eigenvalue weighted by atomic mass is 9.84. The van der Waals surface area contributed by atoms with Crippen molar-refractivity contribution in [3.05, 3.63) is 0 Å². The van der Waals surface area contributed by atoms with Crippen LogP contribution in [0.4, 0.5) is 0 Å². The van der Waals surface area contributed by atoms with Gasteiger partial charge in [-0.25, -0.2) is 0 Å². The summed E-state index contributed by atoms with van der Waals surface area (Å²) in [4.78, 5) is 0. The van der Waals surface area contributed by atoms with E-state index < -0.39 is 29.7 Å². The Morgan fingerprint density at radius 2 is 2.07 bits per heavy atom. The highest BCUT2D eigenvalue weighted by molar-refractivity contribution is 6.22. The van der Waals surface area contributed by atoms with Crippen molar-refractivity contribution in [3.63, 3.8) is 0 Å². The largest absolute Gasteiger partial charge is 0.391 e. The number of aliphatic hydroxyl groups is 3. The van der Waals surface area contributed by atoms with Crippen molar-refractivity contribution >= 4 is 11.6 Å². The van der Waals surface area contributed by atoms with E-state index in [0.717, 1.165) is 0 Å². The number of hydrogen-bond acceptors (Lipinski definition) is 5. The van der Waals surface area contributed by atoms with E-state index in [2.05, 4.69) is 0 Å². The van der Waals surface area contributed by atoms with Gasteiger partial charge in [0.25, 0.3) is 0 Å². The SMILES string of the molecule is OC1CC2C(O)C(Cl)C3(O)COC(O1)C23. The molecule has 86 valence electrons. The highest BCUT2D eigenvalue weighted by Crippen LogP contribution is 2.54. The number of alkyl halides is 1. The molecule has 0 amide bonds. The van der Waals surface area contributed by atoms with Crippen molar-refractivity contribution in [2.24, 2.45) is 11.8 Å². The van der Waals surface area contributed by atoms with E-state index in [1.54, 1.807) is 0 Å². The van der Waals surface area contributed by atoms with Gasteiger partial charge in [0.15, 0.2) is 12.6 Å². The molecule has 0 aromatic heterocycles. The molecule has 2 heterocycles. The predicted octanol–water partition coefficient (Wildman–Crippen LogP) is -0.973. The molecule has 0 bridgehead atoms. The number of ether oxygens (including phenoxy) is 2. The summed E-state index contributed by atoms with van der Waals surface area (Å²) >= 11 is 6.00. The van der Waals surface area contributed by atoms with Gasteiger partial charge >= 0.3 is 0 Å². The van der Waals surface area contributed by atoms with Gasteiger partial charge in [-0.2, -0.15) is 0 Å². The van der Waals surface area contributed by atoms with Crippen LogP contribution in [0.15, 0.2) is 0 Å². The Balaban J connectivity index is 1.98. The van der Waals surface area contributed by atoms with Crippen LogP contribution in [0.2, 0.25) is 0 Å².